The highest BCUT2D eigenvalue weighted by Crippen LogP contribution is 2.34. The molecule has 10 heteroatoms. The van der Waals surface area contributed by atoms with E-state index in [1.165, 1.54) is 13.0 Å². The predicted molar refractivity (Wildman–Crippen MR) is 88.2 cm³/mol. The molecular weight excluding hydrogens is 366 g/mol. The first-order valence-corrected chi connectivity index (χ1v) is 9.04. The number of esters is 2. The van der Waals surface area contributed by atoms with Gasteiger partial charge in [-0.15, -0.1) is 0 Å². The third-order valence-electron chi connectivity index (χ3n) is 4.34. The maximum Gasteiger partial charge on any atom is 0.337 e. The van der Waals surface area contributed by atoms with Crippen molar-refractivity contribution in [3.8, 4) is 0 Å². The molecule has 1 heterocycles. The minimum atomic E-state index is -4.12. The van der Waals surface area contributed by atoms with Crippen molar-refractivity contribution in [2.45, 2.75) is 18.2 Å². The van der Waals surface area contributed by atoms with Crippen LogP contribution in [0.3, 0.4) is 0 Å². The first kappa shape index (κ1) is 19.9. The van der Waals surface area contributed by atoms with E-state index in [1.54, 1.807) is 0 Å². The minimum Gasteiger partial charge on any atom is -0.481 e. The lowest BCUT2D eigenvalue weighted by Crippen LogP contribution is -2.35. The zero-order valence-electron chi connectivity index (χ0n) is 14.5. The number of hydrogen-bond donors (Lipinski definition) is 1. The van der Waals surface area contributed by atoms with E-state index in [1.807, 2.05) is 0 Å². The average Bonchev–Trinajstić information content (AvgIpc) is 3.04. The third kappa shape index (κ3) is 3.56. The Morgan fingerprint density at radius 3 is 1.96 bits per heavy atom. The lowest BCUT2D eigenvalue weighted by molar-refractivity contribution is -0.146. The van der Waals surface area contributed by atoms with E-state index >= 15 is 0 Å². The van der Waals surface area contributed by atoms with Crippen LogP contribution in [0.2, 0.25) is 0 Å². The SMILES string of the molecule is COC(=O)c1cc(C(=O)OC)cc(S(=O)(=O)N2CCC(C)(C(=O)O)C2)c1. The second-order valence-corrected chi connectivity index (χ2v) is 8.12. The van der Waals surface area contributed by atoms with Gasteiger partial charge in [0.1, 0.15) is 0 Å². The van der Waals surface area contributed by atoms with Crippen molar-refractivity contribution in [2.24, 2.45) is 5.41 Å². The Bertz CT molecular complexity index is 829. The van der Waals surface area contributed by atoms with Gasteiger partial charge in [0.25, 0.3) is 0 Å². The topological polar surface area (TPSA) is 127 Å². The molecule has 9 nitrogen and oxygen atoms in total. The maximum absolute atomic E-state index is 12.9. The van der Waals surface area contributed by atoms with Gasteiger partial charge in [-0.05, 0) is 31.5 Å². The summed E-state index contributed by atoms with van der Waals surface area (Å²) in [7, 11) is -1.87. The zero-order chi connectivity index (χ0) is 19.7. The molecule has 2 rings (SSSR count). The number of hydrogen-bond acceptors (Lipinski definition) is 7. The second kappa shape index (κ2) is 7.04. The standard InChI is InChI=1S/C16H19NO8S/c1-16(15(20)21)4-5-17(9-16)26(22,23)12-7-10(13(18)24-2)6-11(8-12)14(19)25-3/h6-8H,4-5,9H2,1-3H3,(H,20,21). The van der Waals surface area contributed by atoms with Gasteiger partial charge in [0.05, 0.1) is 35.7 Å². The van der Waals surface area contributed by atoms with Gasteiger partial charge in [-0.1, -0.05) is 0 Å². The van der Waals surface area contributed by atoms with Crippen molar-refractivity contribution in [1.29, 1.82) is 0 Å². The Kier molecular flexibility index (Phi) is 5.38. The van der Waals surface area contributed by atoms with Gasteiger partial charge in [-0.25, -0.2) is 18.0 Å². The number of carboxylic acids is 1. The van der Waals surface area contributed by atoms with Crippen LogP contribution in [0, 0.1) is 5.41 Å². The van der Waals surface area contributed by atoms with E-state index in [-0.39, 0.29) is 35.5 Å². The van der Waals surface area contributed by atoms with E-state index in [0.29, 0.717) is 0 Å². The fourth-order valence-corrected chi connectivity index (χ4v) is 4.30. The second-order valence-electron chi connectivity index (χ2n) is 6.18. The van der Waals surface area contributed by atoms with E-state index in [0.717, 1.165) is 30.7 Å². The molecule has 0 amide bonds. The summed E-state index contributed by atoms with van der Waals surface area (Å²) in [5, 5.41) is 9.28. The van der Waals surface area contributed by atoms with Crippen LogP contribution < -0.4 is 0 Å². The molecule has 1 aliphatic rings. The van der Waals surface area contributed by atoms with Gasteiger partial charge in [-0.2, -0.15) is 4.31 Å². The normalized spacial score (nSPS) is 20.6. The van der Waals surface area contributed by atoms with Crippen LogP contribution in [-0.2, 0) is 24.3 Å². The Balaban J connectivity index is 2.50. The average molecular weight is 385 g/mol. The van der Waals surface area contributed by atoms with Gasteiger partial charge in [0.15, 0.2) is 0 Å². The highest BCUT2D eigenvalue weighted by molar-refractivity contribution is 7.89. The number of benzene rings is 1. The van der Waals surface area contributed by atoms with Crippen molar-refractivity contribution in [1.82, 2.24) is 4.31 Å². The largest absolute Gasteiger partial charge is 0.481 e. The summed E-state index contributed by atoms with van der Waals surface area (Å²) in [4.78, 5) is 34.7. The zero-order valence-corrected chi connectivity index (χ0v) is 15.3. The van der Waals surface area contributed by atoms with Crippen LogP contribution in [0.4, 0.5) is 0 Å². The maximum atomic E-state index is 12.9. The van der Waals surface area contributed by atoms with Gasteiger partial charge < -0.3 is 14.6 Å². The van der Waals surface area contributed by atoms with E-state index < -0.39 is 33.3 Å². The lowest BCUT2D eigenvalue weighted by atomic mass is 9.90. The van der Waals surface area contributed by atoms with E-state index in [9.17, 15) is 27.9 Å². The molecule has 0 aliphatic carbocycles. The minimum absolute atomic E-state index is 0.0150. The summed E-state index contributed by atoms with van der Waals surface area (Å²) in [6, 6.07) is 3.34. The van der Waals surface area contributed by atoms with Crippen LogP contribution in [-0.4, -0.2) is 63.0 Å². The molecule has 1 fully saturated rings. The van der Waals surface area contributed by atoms with Crippen LogP contribution in [0.25, 0.3) is 0 Å². The summed E-state index contributed by atoms with van der Waals surface area (Å²) in [5.74, 6) is -2.72. The summed E-state index contributed by atoms with van der Waals surface area (Å²) < 4.78 is 36.0. The number of rotatable bonds is 5. The molecule has 1 saturated heterocycles. The Morgan fingerprint density at radius 2 is 1.58 bits per heavy atom. The summed E-state index contributed by atoms with van der Waals surface area (Å²) in [6.07, 6.45) is 0.155. The van der Waals surface area contributed by atoms with Crippen LogP contribution in [0.1, 0.15) is 34.1 Å². The predicted octanol–water partition coefficient (Wildman–Crippen LogP) is 0.745. The van der Waals surface area contributed by atoms with E-state index in [2.05, 4.69) is 9.47 Å². The first-order chi connectivity index (χ1) is 12.0. The molecule has 1 atom stereocenters. The fraction of sp³-hybridized carbons (Fsp3) is 0.438. The van der Waals surface area contributed by atoms with Crippen LogP contribution in [0.15, 0.2) is 23.1 Å². The third-order valence-corrected chi connectivity index (χ3v) is 6.16. The molecule has 26 heavy (non-hydrogen) atoms. The molecule has 1 aromatic carbocycles. The molecular formula is C16H19NO8S. The summed E-state index contributed by atoms with van der Waals surface area (Å²) in [5.41, 5.74) is -1.46. The number of methoxy groups -OCH3 is 2. The summed E-state index contributed by atoms with van der Waals surface area (Å²) in [6.45, 7) is 1.28. The quantitative estimate of drug-likeness (QED) is 0.736. The highest BCUT2D eigenvalue weighted by Gasteiger charge is 2.45. The van der Waals surface area contributed by atoms with Crippen molar-refractivity contribution >= 4 is 27.9 Å². The van der Waals surface area contributed by atoms with Gasteiger partial charge in [-0.3, -0.25) is 4.79 Å². The molecule has 0 aromatic heterocycles. The van der Waals surface area contributed by atoms with Crippen molar-refractivity contribution < 1.29 is 37.4 Å². The van der Waals surface area contributed by atoms with Crippen molar-refractivity contribution in [2.75, 3.05) is 27.3 Å². The molecule has 1 unspecified atom stereocenters. The van der Waals surface area contributed by atoms with Crippen LogP contribution in [0.5, 0.6) is 0 Å². The summed E-state index contributed by atoms with van der Waals surface area (Å²) >= 11 is 0. The smallest absolute Gasteiger partial charge is 0.337 e. The number of sulfonamides is 1. The number of carboxylic acid groups (broad SMARTS) is 1. The van der Waals surface area contributed by atoms with Gasteiger partial charge in [0, 0.05) is 13.1 Å². The number of nitrogens with zero attached hydrogens (tertiary/aromatic N) is 1. The monoisotopic (exact) mass is 385 g/mol. The van der Waals surface area contributed by atoms with Gasteiger partial charge >= 0.3 is 17.9 Å². The molecule has 142 valence electrons. The first-order valence-electron chi connectivity index (χ1n) is 7.60. The molecule has 0 spiro atoms. The Labute approximate surface area is 150 Å². The molecule has 0 bridgehead atoms. The molecule has 1 aromatic rings. The van der Waals surface area contributed by atoms with E-state index in [4.69, 9.17) is 0 Å². The number of carbonyl (C=O) groups is 3. The Hall–Kier alpha value is -2.46. The van der Waals surface area contributed by atoms with Gasteiger partial charge in [0.2, 0.25) is 10.0 Å². The molecule has 0 radical (unpaired) electrons. The Morgan fingerprint density at radius 1 is 1.08 bits per heavy atom. The molecule has 0 saturated carbocycles. The van der Waals surface area contributed by atoms with Crippen LogP contribution >= 0.6 is 0 Å². The highest BCUT2D eigenvalue weighted by atomic mass is 32.2. The number of aliphatic carboxylic acids is 1. The lowest BCUT2D eigenvalue weighted by Gasteiger charge is -2.20. The molecule has 1 N–H and O–H groups in total. The fourth-order valence-electron chi connectivity index (χ4n) is 2.67. The van der Waals surface area contributed by atoms with Crippen molar-refractivity contribution in [3.05, 3.63) is 29.3 Å². The van der Waals surface area contributed by atoms with Crippen molar-refractivity contribution in [3.63, 3.8) is 0 Å². The number of carbonyl (C=O) groups excluding carboxylic acids is 2. The molecule has 1 aliphatic heterocycles. The number of ether oxygens (including phenoxy) is 2.